The molecule has 0 atom stereocenters. The largest absolute Gasteiger partial charge is 0.371 e. The molecule has 0 heterocycles. The van der Waals surface area contributed by atoms with Crippen molar-refractivity contribution in [2.24, 2.45) is 0 Å². The quantitative estimate of drug-likeness (QED) is 0.807. The molecule has 1 saturated carbocycles. The molecular formula is C18H30N2. The van der Waals surface area contributed by atoms with Crippen LogP contribution in [0.25, 0.3) is 0 Å². The first-order chi connectivity index (χ1) is 9.72. The Kier molecular flexibility index (Phi) is 5.90. The van der Waals surface area contributed by atoms with Gasteiger partial charge in [-0.1, -0.05) is 50.3 Å². The topological polar surface area (TPSA) is 15.3 Å². The molecule has 0 aliphatic heterocycles. The Hall–Kier alpha value is -1.02. The number of nitrogens with one attached hydrogen (secondary N) is 1. The number of nitrogens with zero attached hydrogens (tertiary/aromatic N) is 1. The van der Waals surface area contributed by atoms with Gasteiger partial charge in [0.15, 0.2) is 0 Å². The van der Waals surface area contributed by atoms with Crippen LogP contribution in [0.15, 0.2) is 18.2 Å². The maximum absolute atomic E-state index is 3.48. The van der Waals surface area contributed by atoms with Crippen LogP contribution in [-0.4, -0.2) is 19.6 Å². The van der Waals surface area contributed by atoms with E-state index in [0.717, 1.165) is 19.1 Å². The maximum Gasteiger partial charge on any atom is 0.0411 e. The van der Waals surface area contributed by atoms with Crippen molar-refractivity contribution in [3.05, 3.63) is 29.3 Å². The summed E-state index contributed by atoms with van der Waals surface area (Å²) in [5.41, 5.74) is 4.22. The number of hydrogen-bond acceptors (Lipinski definition) is 2. The Morgan fingerprint density at radius 2 is 1.85 bits per heavy atom. The molecule has 0 bridgehead atoms. The van der Waals surface area contributed by atoms with E-state index < -0.39 is 0 Å². The number of rotatable bonds is 5. The van der Waals surface area contributed by atoms with Crippen LogP contribution in [0.2, 0.25) is 0 Å². The van der Waals surface area contributed by atoms with Gasteiger partial charge in [-0.15, -0.1) is 0 Å². The van der Waals surface area contributed by atoms with Crippen molar-refractivity contribution in [2.45, 2.75) is 65.0 Å². The van der Waals surface area contributed by atoms with Gasteiger partial charge in [-0.05, 0) is 37.9 Å². The molecule has 0 aromatic heterocycles. The van der Waals surface area contributed by atoms with Crippen LogP contribution < -0.4 is 10.2 Å². The molecule has 0 unspecified atom stereocenters. The molecule has 1 aromatic rings. The number of hydrogen-bond donors (Lipinski definition) is 1. The van der Waals surface area contributed by atoms with Crippen LogP contribution in [0.5, 0.6) is 0 Å². The van der Waals surface area contributed by atoms with Crippen molar-refractivity contribution in [3.8, 4) is 0 Å². The van der Waals surface area contributed by atoms with Crippen LogP contribution >= 0.6 is 0 Å². The molecule has 0 radical (unpaired) electrons. The highest BCUT2D eigenvalue weighted by atomic mass is 15.1. The van der Waals surface area contributed by atoms with E-state index >= 15 is 0 Å². The third-order valence-corrected chi connectivity index (χ3v) is 4.55. The van der Waals surface area contributed by atoms with Gasteiger partial charge in [0.2, 0.25) is 0 Å². The lowest BCUT2D eigenvalue weighted by Gasteiger charge is -2.31. The summed E-state index contributed by atoms with van der Waals surface area (Å²) < 4.78 is 0. The van der Waals surface area contributed by atoms with E-state index in [-0.39, 0.29) is 0 Å². The van der Waals surface area contributed by atoms with Crippen molar-refractivity contribution < 1.29 is 0 Å². The van der Waals surface area contributed by atoms with Crippen LogP contribution in [0.1, 0.15) is 56.6 Å². The van der Waals surface area contributed by atoms with Crippen molar-refractivity contribution in [3.63, 3.8) is 0 Å². The van der Waals surface area contributed by atoms with Gasteiger partial charge in [0.05, 0.1) is 0 Å². The molecule has 20 heavy (non-hydrogen) atoms. The summed E-state index contributed by atoms with van der Waals surface area (Å²) in [4.78, 5) is 2.54. The predicted octanol–water partition coefficient (Wildman–Crippen LogP) is 4.26. The Morgan fingerprint density at radius 3 is 2.50 bits per heavy atom. The fourth-order valence-corrected chi connectivity index (χ4v) is 3.30. The predicted molar refractivity (Wildman–Crippen MR) is 88.5 cm³/mol. The van der Waals surface area contributed by atoms with Gasteiger partial charge >= 0.3 is 0 Å². The van der Waals surface area contributed by atoms with Crippen LogP contribution in [0.3, 0.4) is 0 Å². The highest BCUT2D eigenvalue weighted by Gasteiger charge is 2.19. The average Bonchev–Trinajstić information content (AvgIpc) is 2.73. The van der Waals surface area contributed by atoms with Crippen LogP contribution in [0.4, 0.5) is 5.69 Å². The molecule has 112 valence electrons. The average molecular weight is 274 g/mol. The summed E-state index contributed by atoms with van der Waals surface area (Å²) in [6.45, 7) is 6.36. The van der Waals surface area contributed by atoms with Crippen molar-refractivity contribution >= 4 is 5.69 Å². The van der Waals surface area contributed by atoms with Gasteiger partial charge in [-0.3, -0.25) is 0 Å². The summed E-state index contributed by atoms with van der Waals surface area (Å²) in [5, 5.41) is 3.48. The SMILES string of the molecule is CCNCc1cc(C)ccc1N(C)C1CCCCCC1. The van der Waals surface area contributed by atoms with Gasteiger partial charge < -0.3 is 10.2 Å². The summed E-state index contributed by atoms with van der Waals surface area (Å²) in [5.74, 6) is 0. The maximum atomic E-state index is 3.48. The lowest BCUT2D eigenvalue weighted by molar-refractivity contribution is 0.550. The Labute approximate surface area is 124 Å². The zero-order chi connectivity index (χ0) is 14.4. The first-order valence-corrected chi connectivity index (χ1v) is 8.25. The summed E-state index contributed by atoms with van der Waals surface area (Å²) in [7, 11) is 2.29. The molecular weight excluding hydrogens is 244 g/mol. The third kappa shape index (κ3) is 3.99. The minimum absolute atomic E-state index is 0.723. The Morgan fingerprint density at radius 1 is 1.15 bits per heavy atom. The second kappa shape index (κ2) is 7.68. The van der Waals surface area contributed by atoms with Crippen molar-refractivity contribution in [1.82, 2.24) is 5.32 Å². The van der Waals surface area contributed by atoms with E-state index in [0.29, 0.717) is 0 Å². The molecule has 1 aliphatic carbocycles. The van der Waals surface area contributed by atoms with Crippen molar-refractivity contribution in [1.29, 1.82) is 0 Å². The molecule has 2 nitrogen and oxygen atoms in total. The van der Waals surface area contributed by atoms with Gasteiger partial charge in [0.25, 0.3) is 0 Å². The number of benzene rings is 1. The minimum atomic E-state index is 0.723. The molecule has 1 N–H and O–H groups in total. The van der Waals surface area contributed by atoms with E-state index in [9.17, 15) is 0 Å². The van der Waals surface area contributed by atoms with Gasteiger partial charge in [-0.25, -0.2) is 0 Å². The molecule has 0 spiro atoms. The number of aryl methyl sites for hydroxylation is 1. The summed E-state index contributed by atoms with van der Waals surface area (Å²) in [6, 6.07) is 7.62. The van der Waals surface area contributed by atoms with E-state index in [1.807, 2.05) is 0 Å². The van der Waals surface area contributed by atoms with Crippen LogP contribution in [-0.2, 0) is 6.54 Å². The fourth-order valence-electron chi connectivity index (χ4n) is 3.30. The first kappa shape index (κ1) is 15.4. The fraction of sp³-hybridized carbons (Fsp3) is 0.667. The van der Waals surface area contributed by atoms with Gasteiger partial charge in [-0.2, -0.15) is 0 Å². The van der Waals surface area contributed by atoms with Crippen LogP contribution in [0, 0.1) is 6.92 Å². The van der Waals surface area contributed by atoms with Gasteiger partial charge in [0, 0.05) is 25.3 Å². The molecule has 0 amide bonds. The van der Waals surface area contributed by atoms with E-state index in [2.05, 4.69) is 49.3 Å². The molecule has 0 saturated heterocycles. The van der Waals surface area contributed by atoms with Gasteiger partial charge in [0.1, 0.15) is 0 Å². The summed E-state index contributed by atoms with van der Waals surface area (Å²) >= 11 is 0. The Bertz CT molecular complexity index is 406. The molecule has 2 heteroatoms. The second-order valence-corrected chi connectivity index (χ2v) is 6.17. The standard InChI is InChI=1S/C18H30N2/c1-4-19-14-16-13-15(2)11-12-18(16)20(3)17-9-7-5-6-8-10-17/h11-13,17,19H,4-10,14H2,1-3H3. The van der Waals surface area contributed by atoms with E-state index in [1.165, 1.54) is 55.3 Å². The lowest BCUT2D eigenvalue weighted by Crippen LogP contribution is -2.32. The molecule has 1 aliphatic rings. The highest BCUT2D eigenvalue weighted by molar-refractivity contribution is 5.55. The van der Waals surface area contributed by atoms with Crippen molar-refractivity contribution in [2.75, 3.05) is 18.5 Å². The monoisotopic (exact) mass is 274 g/mol. The molecule has 2 rings (SSSR count). The Balaban J connectivity index is 2.16. The normalized spacial score (nSPS) is 16.9. The smallest absolute Gasteiger partial charge is 0.0411 e. The first-order valence-electron chi connectivity index (χ1n) is 8.25. The molecule has 1 aromatic carbocycles. The second-order valence-electron chi connectivity index (χ2n) is 6.17. The van der Waals surface area contributed by atoms with E-state index in [1.54, 1.807) is 0 Å². The summed E-state index contributed by atoms with van der Waals surface area (Å²) in [6.07, 6.45) is 8.33. The lowest BCUT2D eigenvalue weighted by atomic mass is 10.0. The number of anilines is 1. The minimum Gasteiger partial charge on any atom is -0.371 e. The highest BCUT2D eigenvalue weighted by Crippen LogP contribution is 2.28. The zero-order valence-corrected chi connectivity index (χ0v) is 13.4. The zero-order valence-electron chi connectivity index (χ0n) is 13.4. The van der Waals surface area contributed by atoms with E-state index in [4.69, 9.17) is 0 Å². The molecule has 1 fully saturated rings. The third-order valence-electron chi connectivity index (χ3n) is 4.55.